The number of benzene rings is 4. The molecule has 2 aliphatic rings. The highest BCUT2D eigenvalue weighted by atomic mass is 15.2. The number of likely N-dealkylation sites (N-methyl/N-ethyl adjacent to an activating group) is 1. The minimum atomic E-state index is 0.290. The van der Waals surface area contributed by atoms with Gasteiger partial charge in [0.25, 0.3) is 0 Å². The molecule has 0 amide bonds. The largest absolute Gasteiger partial charge is 0.368 e. The fraction of sp³-hybridized carbons (Fsp3) is 0.333. The lowest BCUT2D eigenvalue weighted by molar-refractivity contribution is 0.284. The standard InChI is InChI=1S/C24H23N/c1-24-13-4-3-8-19(24)23-18-12-11-16-7-5-6-15-9-10-17(22(18)21(15)16)14-20(23)25(24)2/h5-7,9-12,14,19H,3-4,8,13H2,1-2H3. The summed E-state index contributed by atoms with van der Waals surface area (Å²) in [7, 11) is 2.32. The van der Waals surface area contributed by atoms with E-state index in [1.54, 1.807) is 5.56 Å². The van der Waals surface area contributed by atoms with Gasteiger partial charge in [0.05, 0.1) is 0 Å². The van der Waals surface area contributed by atoms with E-state index in [0.29, 0.717) is 11.5 Å². The number of fused-ring (bicyclic) bond motifs is 4. The van der Waals surface area contributed by atoms with Gasteiger partial charge in [0, 0.05) is 24.2 Å². The maximum atomic E-state index is 2.60. The topological polar surface area (TPSA) is 3.24 Å². The van der Waals surface area contributed by atoms with Crippen LogP contribution in [0.25, 0.3) is 32.3 Å². The van der Waals surface area contributed by atoms with Crippen LogP contribution in [0.1, 0.15) is 44.1 Å². The summed E-state index contributed by atoms with van der Waals surface area (Å²) in [6.07, 6.45) is 5.38. The Morgan fingerprint density at radius 2 is 1.68 bits per heavy atom. The van der Waals surface area contributed by atoms with Gasteiger partial charge < -0.3 is 4.90 Å². The van der Waals surface area contributed by atoms with Crippen LogP contribution in [0, 0.1) is 0 Å². The molecule has 0 bridgehead atoms. The normalized spacial score (nSPS) is 25.8. The molecule has 1 heteroatoms. The van der Waals surface area contributed by atoms with Gasteiger partial charge in [-0.1, -0.05) is 55.3 Å². The van der Waals surface area contributed by atoms with Crippen LogP contribution >= 0.6 is 0 Å². The number of hydrogen-bond donors (Lipinski definition) is 0. The minimum absolute atomic E-state index is 0.290. The van der Waals surface area contributed by atoms with Gasteiger partial charge in [0.1, 0.15) is 0 Å². The third-order valence-corrected chi connectivity index (χ3v) is 7.32. The Morgan fingerprint density at radius 1 is 0.920 bits per heavy atom. The van der Waals surface area contributed by atoms with Crippen molar-refractivity contribution in [2.45, 2.75) is 44.1 Å². The van der Waals surface area contributed by atoms with E-state index in [9.17, 15) is 0 Å². The van der Waals surface area contributed by atoms with E-state index in [4.69, 9.17) is 0 Å². The molecule has 1 heterocycles. The van der Waals surface area contributed by atoms with E-state index in [-0.39, 0.29) is 0 Å². The molecular weight excluding hydrogens is 302 g/mol. The predicted molar refractivity (Wildman–Crippen MR) is 108 cm³/mol. The van der Waals surface area contributed by atoms with Crippen molar-refractivity contribution in [3.63, 3.8) is 0 Å². The van der Waals surface area contributed by atoms with Crippen LogP contribution in [0.2, 0.25) is 0 Å². The van der Waals surface area contributed by atoms with Crippen LogP contribution in [-0.2, 0) is 0 Å². The minimum Gasteiger partial charge on any atom is -0.368 e. The summed E-state index contributed by atoms with van der Waals surface area (Å²) in [5, 5.41) is 8.57. The van der Waals surface area contributed by atoms with Crippen molar-refractivity contribution in [1.82, 2.24) is 0 Å². The predicted octanol–water partition coefficient (Wildman–Crippen LogP) is 6.45. The van der Waals surface area contributed by atoms with Crippen molar-refractivity contribution in [2.24, 2.45) is 0 Å². The molecule has 124 valence electrons. The number of rotatable bonds is 0. The van der Waals surface area contributed by atoms with Crippen LogP contribution in [0.4, 0.5) is 5.69 Å². The van der Waals surface area contributed by atoms with Gasteiger partial charge in [-0.05, 0) is 63.7 Å². The van der Waals surface area contributed by atoms with Gasteiger partial charge in [-0.2, -0.15) is 0 Å². The maximum absolute atomic E-state index is 2.60. The quantitative estimate of drug-likeness (QED) is 0.336. The lowest BCUT2D eigenvalue weighted by Gasteiger charge is -2.42. The molecule has 0 spiro atoms. The molecule has 25 heavy (non-hydrogen) atoms. The molecule has 2 atom stereocenters. The molecule has 0 radical (unpaired) electrons. The lowest BCUT2D eigenvalue weighted by atomic mass is 9.72. The Bertz CT molecular complexity index is 1130. The maximum Gasteiger partial charge on any atom is 0.0440 e. The van der Waals surface area contributed by atoms with E-state index < -0.39 is 0 Å². The fourth-order valence-corrected chi connectivity index (χ4v) is 5.91. The molecule has 0 aromatic heterocycles. The molecule has 1 fully saturated rings. The van der Waals surface area contributed by atoms with Crippen LogP contribution in [-0.4, -0.2) is 12.6 Å². The highest BCUT2D eigenvalue weighted by Crippen LogP contribution is 2.57. The van der Waals surface area contributed by atoms with Gasteiger partial charge in [-0.25, -0.2) is 0 Å². The second kappa shape index (κ2) is 4.46. The fourth-order valence-electron chi connectivity index (χ4n) is 5.91. The molecule has 4 aromatic carbocycles. The molecule has 1 aliphatic carbocycles. The van der Waals surface area contributed by atoms with Gasteiger partial charge in [-0.3, -0.25) is 0 Å². The first-order valence-corrected chi connectivity index (χ1v) is 9.63. The Hall–Kier alpha value is -2.28. The van der Waals surface area contributed by atoms with Crippen LogP contribution in [0.5, 0.6) is 0 Å². The smallest absolute Gasteiger partial charge is 0.0440 e. The van der Waals surface area contributed by atoms with E-state index in [1.807, 2.05) is 0 Å². The van der Waals surface area contributed by atoms with Gasteiger partial charge in [0.15, 0.2) is 0 Å². The molecule has 1 saturated carbocycles. The lowest BCUT2D eigenvalue weighted by Crippen LogP contribution is -2.45. The molecular formula is C24H23N. The zero-order chi connectivity index (χ0) is 16.8. The Morgan fingerprint density at radius 3 is 2.52 bits per heavy atom. The highest BCUT2D eigenvalue weighted by Gasteiger charge is 2.48. The van der Waals surface area contributed by atoms with Gasteiger partial charge in [0.2, 0.25) is 0 Å². The van der Waals surface area contributed by atoms with Gasteiger partial charge >= 0.3 is 0 Å². The third-order valence-electron chi connectivity index (χ3n) is 7.32. The summed E-state index contributed by atoms with van der Waals surface area (Å²) >= 11 is 0. The second-order valence-electron chi connectivity index (χ2n) is 8.38. The molecule has 0 saturated heterocycles. The summed E-state index contributed by atoms with van der Waals surface area (Å²) in [5.41, 5.74) is 3.38. The van der Waals surface area contributed by atoms with Crippen molar-refractivity contribution in [2.75, 3.05) is 11.9 Å². The van der Waals surface area contributed by atoms with Crippen LogP contribution in [0.15, 0.2) is 48.5 Å². The molecule has 1 nitrogen and oxygen atoms in total. The van der Waals surface area contributed by atoms with Gasteiger partial charge in [-0.15, -0.1) is 0 Å². The Balaban J connectivity index is 1.81. The van der Waals surface area contributed by atoms with Crippen molar-refractivity contribution in [1.29, 1.82) is 0 Å². The molecule has 4 aromatic rings. The summed E-state index contributed by atoms with van der Waals surface area (Å²) in [6.45, 7) is 2.49. The monoisotopic (exact) mass is 325 g/mol. The van der Waals surface area contributed by atoms with Crippen molar-refractivity contribution >= 4 is 38.0 Å². The first kappa shape index (κ1) is 13.9. The summed E-state index contributed by atoms with van der Waals surface area (Å²) in [5.74, 6) is 0.672. The number of anilines is 1. The SMILES string of the molecule is CN1c2cc3ccc4cccc5ccc(c2C2CCCCC21C)c3c45. The number of hydrogen-bond acceptors (Lipinski definition) is 1. The average molecular weight is 325 g/mol. The zero-order valence-corrected chi connectivity index (χ0v) is 15.0. The van der Waals surface area contributed by atoms with Crippen LogP contribution in [0.3, 0.4) is 0 Å². The zero-order valence-electron chi connectivity index (χ0n) is 15.0. The average Bonchev–Trinajstić information content (AvgIpc) is 2.87. The van der Waals surface area contributed by atoms with E-state index in [1.165, 1.54) is 63.7 Å². The second-order valence-corrected chi connectivity index (χ2v) is 8.38. The summed E-state index contributed by atoms with van der Waals surface area (Å²) < 4.78 is 0. The van der Waals surface area contributed by atoms with E-state index in [0.717, 1.165) is 0 Å². The number of nitrogens with zero attached hydrogens (tertiary/aromatic N) is 1. The summed E-state index contributed by atoms with van der Waals surface area (Å²) in [6, 6.07) is 18.5. The highest BCUT2D eigenvalue weighted by molar-refractivity contribution is 6.24. The third kappa shape index (κ3) is 1.55. The molecule has 1 aliphatic heterocycles. The molecule has 0 N–H and O–H groups in total. The van der Waals surface area contributed by atoms with E-state index in [2.05, 4.69) is 67.4 Å². The van der Waals surface area contributed by atoms with Crippen molar-refractivity contribution in [3.05, 3.63) is 54.1 Å². The molecule has 2 unspecified atom stereocenters. The van der Waals surface area contributed by atoms with E-state index >= 15 is 0 Å². The Kier molecular flexibility index (Phi) is 2.49. The van der Waals surface area contributed by atoms with Crippen molar-refractivity contribution < 1.29 is 0 Å². The van der Waals surface area contributed by atoms with Crippen LogP contribution < -0.4 is 4.90 Å². The molecule has 6 rings (SSSR count). The Labute approximate surface area is 148 Å². The first-order valence-electron chi connectivity index (χ1n) is 9.63. The van der Waals surface area contributed by atoms with Crippen molar-refractivity contribution in [3.8, 4) is 0 Å². The first-order chi connectivity index (χ1) is 12.2. The summed E-state index contributed by atoms with van der Waals surface area (Å²) in [4.78, 5) is 2.60.